The molecule has 84 valence electrons. The molecule has 0 aromatic rings. The van der Waals surface area contributed by atoms with Crippen LogP contribution in [0.5, 0.6) is 0 Å². The lowest BCUT2D eigenvalue weighted by Crippen LogP contribution is -2.49. The van der Waals surface area contributed by atoms with Gasteiger partial charge in [0.2, 0.25) is 0 Å². The molecule has 15 heavy (non-hydrogen) atoms. The maximum absolute atomic E-state index is 11.4. The highest BCUT2D eigenvalue weighted by molar-refractivity contribution is 5.89. The first-order valence-corrected chi connectivity index (χ1v) is 4.88. The third kappa shape index (κ3) is 2.71. The molecular formula is C10H17N3O2. The van der Waals surface area contributed by atoms with E-state index in [0.717, 1.165) is 0 Å². The van der Waals surface area contributed by atoms with Gasteiger partial charge in [-0.05, 0) is 19.9 Å². The fourth-order valence-corrected chi connectivity index (χ4v) is 1.31. The summed E-state index contributed by atoms with van der Waals surface area (Å²) in [5.74, 6) is 0.398. The number of hydrogen-bond donors (Lipinski definition) is 1. The molecule has 0 amide bonds. The molecule has 1 rings (SSSR count). The van der Waals surface area contributed by atoms with Crippen LogP contribution in [0.4, 0.5) is 0 Å². The zero-order valence-electron chi connectivity index (χ0n) is 9.52. The highest BCUT2D eigenvalue weighted by atomic mass is 16.5. The van der Waals surface area contributed by atoms with Crippen LogP contribution in [-0.4, -0.2) is 43.1 Å². The molecule has 1 aliphatic heterocycles. The standard InChI is InChI=1S/C10H17N3O2/c1-7(2)12-10-11-6-5-8(13(10)3)9(14)15-4/h5-8H,1-4H3,(H,11,12). The number of guanidine groups is 1. The Balaban J connectivity index is 2.84. The topological polar surface area (TPSA) is 53.9 Å². The number of nitrogens with one attached hydrogen (secondary N) is 1. The van der Waals surface area contributed by atoms with Crippen LogP contribution in [0.1, 0.15) is 13.8 Å². The molecule has 0 aliphatic carbocycles. The van der Waals surface area contributed by atoms with E-state index in [-0.39, 0.29) is 12.0 Å². The van der Waals surface area contributed by atoms with Crippen LogP contribution in [0.2, 0.25) is 0 Å². The monoisotopic (exact) mass is 211 g/mol. The van der Waals surface area contributed by atoms with Gasteiger partial charge < -0.3 is 15.0 Å². The number of carbonyl (C=O) groups is 1. The first-order chi connectivity index (χ1) is 7.06. The van der Waals surface area contributed by atoms with Crippen LogP contribution >= 0.6 is 0 Å². The minimum Gasteiger partial charge on any atom is -0.467 e. The second-order valence-electron chi connectivity index (χ2n) is 3.63. The van der Waals surface area contributed by atoms with E-state index in [1.165, 1.54) is 7.11 Å². The molecule has 0 fully saturated rings. The average Bonchev–Trinajstić information content (AvgIpc) is 2.19. The molecule has 0 saturated heterocycles. The maximum atomic E-state index is 11.4. The zero-order chi connectivity index (χ0) is 11.4. The Morgan fingerprint density at radius 2 is 2.33 bits per heavy atom. The van der Waals surface area contributed by atoms with Crippen molar-refractivity contribution in [1.82, 2.24) is 10.2 Å². The maximum Gasteiger partial charge on any atom is 0.332 e. The van der Waals surface area contributed by atoms with E-state index in [4.69, 9.17) is 4.74 Å². The summed E-state index contributed by atoms with van der Waals surface area (Å²) in [4.78, 5) is 17.5. The van der Waals surface area contributed by atoms with Gasteiger partial charge in [0, 0.05) is 19.3 Å². The van der Waals surface area contributed by atoms with E-state index < -0.39 is 6.04 Å². The van der Waals surface area contributed by atoms with Crippen molar-refractivity contribution >= 4 is 11.9 Å². The lowest BCUT2D eigenvalue weighted by Gasteiger charge is -2.30. The molecule has 0 saturated carbocycles. The molecule has 1 aliphatic rings. The predicted molar refractivity (Wildman–Crippen MR) is 58.4 cm³/mol. The number of ether oxygens (including phenoxy) is 1. The van der Waals surface area contributed by atoms with Crippen molar-refractivity contribution in [3.63, 3.8) is 0 Å². The van der Waals surface area contributed by atoms with E-state index >= 15 is 0 Å². The SMILES string of the molecule is COC(=O)C1C=CNC(=NC(C)C)N1C. The van der Waals surface area contributed by atoms with Crippen molar-refractivity contribution in [2.75, 3.05) is 14.2 Å². The molecule has 0 bridgehead atoms. The van der Waals surface area contributed by atoms with Crippen molar-refractivity contribution in [2.24, 2.45) is 4.99 Å². The molecule has 0 aromatic carbocycles. The second-order valence-corrected chi connectivity index (χ2v) is 3.63. The number of esters is 1. The molecule has 1 atom stereocenters. The average molecular weight is 211 g/mol. The Labute approximate surface area is 89.8 Å². The molecule has 1 heterocycles. The lowest BCUT2D eigenvalue weighted by atomic mass is 10.2. The van der Waals surface area contributed by atoms with Gasteiger partial charge in [-0.25, -0.2) is 4.79 Å². The van der Waals surface area contributed by atoms with Gasteiger partial charge in [-0.1, -0.05) is 0 Å². The molecule has 1 N–H and O–H groups in total. The van der Waals surface area contributed by atoms with Crippen LogP contribution in [0, 0.1) is 0 Å². The Morgan fingerprint density at radius 1 is 1.67 bits per heavy atom. The number of methoxy groups -OCH3 is 1. The summed E-state index contributed by atoms with van der Waals surface area (Å²) in [6.07, 6.45) is 3.45. The Bertz CT molecular complexity index is 297. The summed E-state index contributed by atoms with van der Waals surface area (Å²) >= 11 is 0. The van der Waals surface area contributed by atoms with Crippen LogP contribution < -0.4 is 5.32 Å². The number of carbonyl (C=O) groups excluding carboxylic acids is 1. The Hall–Kier alpha value is -1.52. The Kier molecular flexibility index (Phi) is 3.71. The first kappa shape index (κ1) is 11.6. The van der Waals surface area contributed by atoms with Crippen molar-refractivity contribution in [1.29, 1.82) is 0 Å². The van der Waals surface area contributed by atoms with Gasteiger partial charge in [0.15, 0.2) is 5.96 Å². The van der Waals surface area contributed by atoms with E-state index in [2.05, 4.69) is 10.3 Å². The zero-order valence-corrected chi connectivity index (χ0v) is 9.52. The summed E-state index contributed by atoms with van der Waals surface area (Å²) in [7, 11) is 3.19. The number of rotatable bonds is 2. The van der Waals surface area contributed by atoms with Crippen LogP contribution in [0.25, 0.3) is 0 Å². The minimum absolute atomic E-state index is 0.180. The summed E-state index contributed by atoms with van der Waals surface area (Å²) in [5.41, 5.74) is 0. The number of nitrogens with zero attached hydrogens (tertiary/aromatic N) is 2. The van der Waals surface area contributed by atoms with Gasteiger partial charge in [0.1, 0.15) is 6.04 Å². The summed E-state index contributed by atoms with van der Waals surface area (Å²) in [6, 6.07) is -0.214. The Morgan fingerprint density at radius 3 is 2.87 bits per heavy atom. The van der Waals surface area contributed by atoms with Gasteiger partial charge in [-0.15, -0.1) is 0 Å². The van der Waals surface area contributed by atoms with E-state index in [1.54, 1.807) is 24.2 Å². The summed E-state index contributed by atoms with van der Waals surface area (Å²) < 4.78 is 4.70. The largest absolute Gasteiger partial charge is 0.467 e. The smallest absolute Gasteiger partial charge is 0.332 e. The number of likely N-dealkylation sites (N-methyl/N-ethyl adjacent to an activating group) is 1. The third-order valence-electron chi connectivity index (χ3n) is 2.07. The third-order valence-corrected chi connectivity index (χ3v) is 2.07. The van der Waals surface area contributed by atoms with Gasteiger partial charge in [0.05, 0.1) is 7.11 Å². The fraction of sp³-hybridized carbons (Fsp3) is 0.600. The molecule has 0 radical (unpaired) electrons. The van der Waals surface area contributed by atoms with Crippen LogP contribution in [-0.2, 0) is 9.53 Å². The van der Waals surface area contributed by atoms with E-state index in [1.807, 2.05) is 13.8 Å². The predicted octanol–water partition coefficient (Wildman–Crippen LogP) is 0.341. The van der Waals surface area contributed by atoms with Gasteiger partial charge in [0.25, 0.3) is 0 Å². The molecule has 5 heteroatoms. The number of hydrogen-bond acceptors (Lipinski definition) is 3. The first-order valence-electron chi connectivity index (χ1n) is 4.88. The molecule has 5 nitrogen and oxygen atoms in total. The summed E-state index contributed by atoms with van der Waals surface area (Å²) in [5, 5.41) is 3.00. The minimum atomic E-state index is -0.395. The van der Waals surface area contributed by atoms with Gasteiger partial charge in [-0.3, -0.25) is 4.99 Å². The van der Waals surface area contributed by atoms with Crippen molar-refractivity contribution in [2.45, 2.75) is 25.9 Å². The number of aliphatic imine (C=N–C) groups is 1. The van der Waals surface area contributed by atoms with Crippen molar-refractivity contribution in [3.05, 3.63) is 12.3 Å². The normalized spacial score (nSPS) is 23.1. The fourth-order valence-electron chi connectivity index (χ4n) is 1.31. The highest BCUT2D eigenvalue weighted by Gasteiger charge is 2.26. The van der Waals surface area contributed by atoms with Crippen molar-refractivity contribution in [3.8, 4) is 0 Å². The summed E-state index contributed by atoms with van der Waals surface area (Å²) in [6.45, 7) is 3.96. The molecule has 0 aromatic heterocycles. The van der Waals surface area contributed by atoms with E-state index in [9.17, 15) is 4.79 Å². The quantitative estimate of drug-likeness (QED) is 0.669. The van der Waals surface area contributed by atoms with Gasteiger partial charge in [-0.2, -0.15) is 0 Å². The van der Waals surface area contributed by atoms with E-state index in [0.29, 0.717) is 5.96 Å². The molecular weight excluding hydrogens is 194 g/mol. The van der Waals surface area contributed by atoms with Crippen LogP contribution in [0.3, 0.4) is 0 Å². The van der Waals surface area contributed by atoms with Crippen LogP contribution in [0.15, 0.2) is 17.3 Å². The lowest BCUT2D eigenvalue weighted by molar-refractivity contribution is -0.143. The molecule has 0 spiro atoms. The van der Waals surface area contributed by atoms with Crippen molar-refractivity contribution < 1.29 is 9.53 Å². The molecule has 1 unspecified atom stereocenters. The van der Waals surface area contributed by atoms with Gasteiger partial charge >= 0.3 is 5.97 Å². The second kappa shape index (κ2) is 4.82. The highest BCUT2D eigenvalue weighted by Crippen LogP contribution is 2.06.